The lowest BCUT2D eigenvalue weighted by molar-refractivity contribution is -0.138. The topological polar surface area (TPSA) is 266 Å². The van der Waals surface area contributed by atoms with Crippen molar-refractivity contribution in [3.63, 3.8) is 0 Å². The van der Waals surface area contributed by atoms with Crippen molar-refractivity contribution < 1.29 is 33.9 Å². The smallest absolute Gasteiger partial charge is 0.325 e. The number of aromatic amines is 2. The minimum Gasteiger partial charge on any atom is -0.480 e. The molecule has 4 atom stereocenters. The van der Waals surface area contributed by atoms with Crippen LogP contribution in [0.25, 0.3) is 0 Å². The first-order valence-electron chi connectivity index (χ1n) is 15.1. The Morgan fingerprint density at radius 1 is 0.761 bits per heavy atom. The third kappa shape index (κ3) is 11.4. The van der Waals surface area contributed by atoms with E-state index in [4.69, 9.17) is 10.8 Å². The van der Waals surface area contributed by atoms with Crippen molar-refractivity contribution >= 4 is 35.4 Å². The fourth-order valence-electron chi connectivity index (χ4n) is 4.50. The molecule has 17 nitrogen and oxygen atoms in total. The van der Waals surface area contributed by atoms with Gasteiger partial charge in [-0.15, -0.1) is 0 Å². The number of hydrogen-bond acceptors (Lipinski definition) is 10. The van der Waals surface area contributed by atoms with Crippen LogP contribution in [-0.4, -0.2) is 104 Å². The number of nitrogens with two attached hydrogens (primary N) is 1. The molecule has 0 aromatic carbocycles. The zero-order valence-corrected chi connectivity index (χ0v) is 27.0. The number of aliphatic carboxylic acids is 1. The second-order valence-corrected chi connectivity index (χ2v) is 11.9. The monoisotopic (exact) mass is 646 g/mol. The summed E-state index contributed by atoms with van der Waals surface area (Å²) < 4.78 is 0. The molecule has 2 rings (SSSR count). The molecule has 0 unspecified atom stereocenters. The lowest BCUT2D eigenvalue weighted by Crippen LogP contribution is -2.48. The van der Waals surface area contributed by atoms with Gasteiger partial charge in [0.25, 0.3) is 23.6 Å². The van der Waals surface area contributed by atoms with Gasteiger partial charge in [-0.1, -0.05) is 27.7 Å². The fraction of sp³-hybridized carbons (Fsp3) is 0.586. The molecule has 0 spiro atoms. The van der Waals surface area contributed by atoms with Crippen LogP contribution in [0.3, 0.4) is 0 Å². The Kier molecular flexibility index (Phi) is 14.5. The number of nitrogens with zero attached hydrogens (tertiary/aromatic N) is 2. The van der Waals surface area contributed by atoms with E-state index in [1.165, 1.54) is 13.3 Å². The van der Waals surface area contributed by atoms with Crippen LogP contribution in [0.15, 0.2) is 12.7 Å². The Bertz CT molecular complexity index is 1370. The molecule has 0 fully saturated rings. The molecule has 0 bridgehead atoms. The third-order valence-electron chi connectivity index (χ3n) is 6.78. The van der Waals surface area contributed by atoms with Crippen molar-refractivity contribution in [3.05, 3.63) is 35.4 Å². The fourth-order valence-corrected chi connectivity index (χ4v) is 4.50. The van der Waals surface area contributed by atoms with Gasteiger partial charge >= 0.3 is 5.97 Å². The summed E-state index contributed by atoms with van der Waals surface area (Å²) in [6.07, 6.45) is 3.36. The van der Waals surface area contributed by atoms with Gasteiger partial charge in [0, 0.05) is 25.2 Å². The lowest BCUT2D eigenvalue weighted by atomic mass is 9.99. The lowest BCUT2D eigenvalue weighted by Gasteiger charge is -2.21. The first-order chi connectivity index (χ1) is 21.6. The Labute approximate surface area is 267 Å². The number of carbonyl (C=O) groups is 6. The van der Waals surface area contributed by atoms with Crippen LogP contribution in [0.4, 0.5) is 0 Å². The zero-order chi connectivity index (χ0) is 34.6. The highest BCUT2D eigenvalue weighted by atomic mass is 16.4. The van der Waals surface area contributed by atoms with Crippen LogP contribution in [0.1, 0.15) is 96.3 Å². The number of carboxylic acids is 1. The van der Waals surface area contributed by atoms with E-state index in [0.717, 1.165) is 6.33 Å². The minimum atomic E-state index is -1.24. The molecule has 17 heteroatoms. The van der Waals surface area contributed by atoms with E-state index in [9.17, 15) is 28.8 Å². The number of carboxylic acid groups (broad SMARTS) is 1. The summed E-state index contributed by atoms with van der Waals surface area (Å²) in [5, 5.41) is 22.4. The number of amides is 4. The molecule has 0 saturated heterocycles. The van der Waals surface area contributed by atoms with Crippen LogP contribution in [-0.2, 0) is 9.59 Å². The standard InChI is InChI=1S/C29H46N10O7/c1-14(2)7-18(9-30)38-27(43)23-24(35-13-34-23)28(44)39-19(8-15(3)4)20(40)11-31-10-16(5)36-25(41)21-22(33-12-32-21)26(42)37-17(6)29(45)46/h12-19,31H,7-11,30H2,1-6H3,(H,32,33)(H,34,35)(H,36,41)(H,37,42)(H,38,43)(H,39,44)(H,45,46)/t16-,17-,18-,19-/m0/s1. The molecular formula is C29H46N10O7. The maximum absolute atomic E-state index is 13.2. The highest BCUT2D eigenvalue weighted by Gasteiger charge is 2.28. The van der Waals surface area contributed by atoms with Crippen LogP contribution in [0, 0.1) is 11.8 Å². The highest BCUT2D eigenvalue weighted by Crippen LogP contribution is 2.11. The van der Waals surface area contributed by atoms with E-state index in [1.54, 1.807) is 6.92 Å². The summed E-state index contributed by atoms with van der Waals surface area (Å²) in [4.78, 5) is 88.4. The Morgan fingerprint density at radius 3 is 1.78 bits per heavy atom. The molecular weight excluding hydrogens is 600 g/mol. The van der Waals surface area contributed by atoms with E-state index in [0.29, 0.717) is 18.8 Å². The number of imidazole rings is 2. The van der Waals surface area contributed by atoms with E-state index >= 15 is 0 Å². The van der Waals surface area contributed by atoms with Crippen LogP contribution < -0.4 is 32.3 Å². The van der Waals surface area contributed by atoms with E-state index in [1.807, 2.05) is 27.7 Å². The van der Waals surface area contributed by atoms with Crippen LogP contribution in [0.5, 0.6) is 0 Å². The van der Waals surface area contributed by atoms with Crippen LogP contribution >= 0.6 is 0 Å². The summed E-state index contributed by atoms with van der Waals surface area (Å²) >= 11 is 0. The largest absolute Gasteiger partial charge is 0.480 e. The predicted octanol–water partition coefficient (Wildman–Crippen LogP) is -0.439. The van der Waals surface area contributed by atoms with Gasteiger partial charge in [0.05, 0.1) is 25.2 Å². The molecule has 0 aliphatic rings. The van der Waals surface area contributed by atoms with Crippen molar-refractivity contribution in [2.24, 2.45) is 17.6 Å². The normalized spacial score (nSPS) is 13.8. The summed E-state index contributed by atoms with van der Waals surface area (Å²) in [6, 6.07) is -2.85. The number of Topliss-reactive ketones (excluding diaryl/α,β-unsaturated/α-hetero) is 1. The van der Waals surface area contributed by atoms with Crippen molar-refractivity contribution in [3.8, 4) is 0 Å². The van der Waals surface area contributed by atoms with Gasteiger partial charge in [-0.2, -0.15) is 0 Å². The quantitative estimate of drug-likeness (QED) is 0.0944. The van der Waals surface area contributed by atoms with Gasteiger partial charge in [-0.05, 0) is 38.5 Å². The second kappa shape index (κ2) is 17.7. The number of ketones is 1. The molecule has 4 amide bonds. The van der Waals surface area contributed by atoms with E-state index < -0.39 is 47.7 Å². The molecule has 0 aliphatic carbocycles. The first-order valence-corrected chi connectivity index (χ1v) is 15.1. The summed E-state index contributed by atoms with van der Waals surface area (Å²) in [5.41, 5.74) is 5.19. The first kappa shape index (κ1) is 37.5. The summed E-state index contributed by atoms with van der Waals surface area (Å²) in [6.45, 7) is 11.0. The average Bonchev–Trinajstić information content (AvgIpc) is 3.66. The molecule has 2 heterocycles. The molecule has 2 aromatic rings. The second-order valence-electron chi connectivity index (χ2n) is 11.9. The van der Waals surface area contributed by atoms with E-state index in [2.05, 4.69) is 46.5 Å². The number of rotatable bonds is 19. The van der Waals surface area contributed by atoms with Crippen molar-refractivity contribution in [2.75, 3.05) is 19.6 Å². The number of carbonyl (C=O) groups excluding carboxylic acids is 5. The maximum atomic E-state index is 13.2. The van der Waals surface area contributed by atoms with Crippen molar-refractivity contribution in [1.29, 1.82) is 0 Å². The third-order valence-corrected chi connectivity index (χ3v) is 6.78. The van der Waals surface area contributed by atoms with Gasteiger partial charge in [-0.3, -0.25) is 28.8 Å². The molecule has 2 aromatic heterocycles. The Morgan fingerprint density at radius 2 is 1.28 bits per heavy atom. The van der Waals surface area contributed by atoms with Gasteiger partial charge in [-0.25, -0.2) is 9.97 Å². The SMILES string of the molecule is CC(C)C[C@@H](CN)NC(=O)c1nc[nH]c1C(=O)N[C@@H](CC(C)C)C(=O)CNC[C@H](C)NC(=O)c1nc[nH]c1C(=O)N[C@@H](C)C(=O)O. The summed E-state index contributed by atoms with van der Waals surface area (Å²) in [7, 11) is 0. The van der Waals surface area contributed by atoms with Crippen molar-refractivity contribution in [2.45, 2.75) is 78.6 Å². The number of aromatic nitrogens is 4. The van der Waals surface area contributed by atoms with Gasteiger partial charge < -0.3 is 47.4 Å². The molecule has 0 radical (unpaired) electrons. The predicted molar refractivity (Wildman–Crippen MR) is 167 cm³/mol. The van der Waals surface area contributed by atoms with E-state index in [-0.39, 0.29) is 60.2 Å². The minimum absolute atomic E-state index is 0.0528. The Hall–Kier alpha value is -4.64. The number of hydrogen-bond donors (Lipinski definition) is 9. The summed E-state index contributed by atoms with van der Waals surface area (Å²) in [5.74, 6) is -3.90. The highest BCUT2D eigenvalue weighted by molar-refractivity contribution is 6.06. The van der Waals surface area contributed by atoms with Gasteiger partial charge in [0.1, 0.15) is 17.4 Å². The molecule has 10 N–H and O–H groups in total. The van der Waals surface area contributed by atoms with Gasteiger partial charge in [0.2, 0.25) is 0 Å². The Balaban J connectivity index is 1.97. The van der Waals surface area contributed by atoms with Crippen LogP contribution in [0.2, 0.25) is 0 Å². The molecule has 0 aliphatic heterocycles. The maximum Gasteiger partial charge on any atom is 0.325 e. The molecule has 46 heavy (non-hydrogen) atoms. The molecule has 0 saturated carbocycles. The average molecular weight is 647 g/mol. The van der Waals surface area contributed by atoms with Gasteiger partial charge in [0.15, 0.2) is 17.2 Å². The van der Waals surface area contributed by atoms with Crippen molar-refractivity contribution in [1.82, 2.24) is 46.5 Å². The molecule has 254 valence electrons. The number of H-pyrrole nitrogens is 2. The zero-order valence-electron chi connectivity index (χ0n) is 27.0. The number of nitrogens with one attached hydrogen (secondary N) is 7.